The van der Waals surface area contributed by atoms with E-state index in [1.165, 1.54) is 0 Å². The molecule has 0 radical (unpaired) electrons. The van der Waals surface area contributed by atoms with E-state index in [4.69, 9.17) is 8.85 Å². The molecule has 5 heteroatoms. The minimum atomic E-state index is -1.84. The fraction of sp³-hybridized carbons (Fsp3) is 1.00. The molecule has 14 heavy (non-hydrogen) atoms. The molecule has 1 saturated heterocycles. The maximum absolute atomic E-state index is 5.45. The highest BCUT2D eigenvalue weighted by molar-refractivity contribution is 6.66. The molecule has 0 aromatic carbocycles. The van der Waals surface area contributed by atoms with Crippen molar-refractivity contribution in [3.8, 4) is 0 Å². The molecule has 84 valence electrons. The van der Waals surface area contributed by atoms with Crippen molar-refractivity contribution in [2.75, 3.05) is 46.9 Å². The summed E-state index contributed by atoms with van der Waals surface area (Å²) in [5.41, 5.74) is 0. The average molecular weight is 218 g/mol. The second-order valence-corrected chi connectivity index (χ2v) is 7.47. The van der Waals surface area contributed by atoms with Gasteiger partial charge in [0.2, 0.25) is 0 Å². The molecule has 1 N–H and O–H groups in total. The first kappa shape index (κ1) is 12.1. The van der Waals surface area contributed by atoms with Crippen molar-refractivity contribution < 1.29 is 8.85 Å². The lowest BCUT2D eigenvalue weighted by Gasteiger charge is -2.30. The third-order valence-electron chi connectivity index (χ3n) is 2.96. The van der Waals surface area contributed by atoms with Gasteiger partial charge in [0.1, 0.15) is 0 Å². The Kier molecular flexibility index (Phi) is 5.04. The van der Waals surface area contributed by atoms with Gasteiger partial charge in [-0.05, 0) is 6.55 Å². The predicted molar refractivity (Wildman–Crippen MR) is 59.8 cm³/mol. The fourth-order valence-electron chi connectivity index (χ4n) is 1.58. The number of piperazine rings is 1. The zero-order chi connectivity index (χ0) is 10.4. The van der Waals surface area contributed by atoms with Crippen LogP contribution in [-0.4, -0.2) is 60.4 Å². The van der Waals surface area contributed by atoms with Crippen LogP contribution in [0.4, 0.5) is 0 Å². The Morgan fingerprint density at radius 2 is 1.79 bits per heavy atom. The molecule has 0 spiro atoms. The maximum Gasteiger partial charge on any atom is 0.335 e. The molecule has 0 amide bonds. The van der Waals surface area contributed by atoms with Gasteiger partial charge >= 0.3 is 8.56 Å². The summed E-state index contributed by atoms with van der Waals surface area (Å²) in [6.45, 7) is 7.74. The molecule has 1 aliphatic heterocycles. The van der Waals surface area contributed by atoms with Crippen molar-refractivity contribution in [2.45, 2.75) is 12.6 Å². The van der Waals surface area contributed by atoms with Gasteiger partial charge in [-0.15, -0.1) is 0 Å². The van der Waals surface area contributed by atoms with E-state index in [0.717, 1.165) is 38.8 Å². The monoisotopic (exact) mass is 218 g/mol. The summed E-state index contributed by atoms with van der Waals surface area (Å²) in [5.74, 6) is 0. The summed E-state index contributed by atoms with van der Waals surface area (Å²) in [7, 11) is 1.67. The Hall–Kier alpha value is 0.0569. The number of hydrogen-bond donors (Lipinski definition) is 1. The third kappa shape index (κ3) is 3.66. The quantitative estimate of drug-likeness (QED) is 0.671. The Bertz CT molecular complexity index is 159. The molecule has 4 nitrogen and oxygen atoms in total. The van der Waals surface area contributed by atoms with Gasteiger partial charge in [0.05, 0.1) is 0 Å². The van der Waals surface area contributed by atoms with E-state index in [1.807, 2.05) is 0 Å². The van der Waals surface area contributed by atoms with Gasteiger partial charge in [0.15, 0.2) is 0 Å². The first-order valence-corrected chi connectivity index (χ1v) is 7.76. The molecule has 0 aliphatic carbocycles. The van der Waals surface area contributed by atoms with Gasteiger partial charge in [-0.3, -0.25) is 0 Å². The minimum absolute atomic E-state index is 1.06. The first-order valence-electron chi connectivity index (χ1n) is 5.23. The molecule has 0 unspecified atom stereocenters. The molecule has 0 atom stereocenters. The third-order valence-corrected chi connectivity index (χ3v) is 5.81. The largest absolute Gasteiger partial charge is 0.398 e. The van der Waals surface area contributed by atoms with Gasteiger partial charge in [-0.2, -0.15) is 0 Å². The summed E-state index contributed by atoms with van der Waals surface area (Å²) >= 11 is 0. The summed E-state index contributed by atoms with van der Waals surface area (Å²) in [6.07, 6.45) is 0. The van der Waals surface area contributed by atoms with Crippen molar-refractivity contribution in [1.82, 2.24) is 10.2 Å². The van der Waals surface area contributed by atoms with E-state index in [9.17, 15) is 0 Å². The van der Waals surface area contributed by atoms with Gasteiger partial charge in [-0.25, -0.2) is 0 Å². The van der Waals surface area contributed by atoms with E-state index < -0.39 is 8.56 Å². The average Bonchev–Trinajstić information content (AvgIpc) is 2.27. The number of nitrogens with one attached hydrogen (secondary N) is 1. The van der Waals surface area contributed by atoms with Crippen LogP contribution in [0.5, 0.6) is 0 Å². The van der Waals surface area contributed by atoms with Gasteiger partial charge in [0, 0.05) is 53.0 Å². The fourth-order valence-corrected chi connectivity index (χ4v) is 2.88. The summed E-state index contributed by atoms with van der Waals surface area (Å²) in [6, 6.07) is 1.06. The SMILES string of the molecule is CO[Si](C)(CCN1CCNCC1)OC. The van der Waals surface area contributed by atoms with E-state index in [-0.39, 0.29) is 0 Å². The zero-order valence-electron chi connectivity index (χ0n) is 9.51. The van der Waals surface area contributed by atoms with Crippen LogP contribution in [0.3, 0.4) is 0 Å². The van der Waals surface area contributed by atoms with Crippen molar-refractivity contribution in [3.05, 3.63) is 0 Å². The Labute approximate surface area is 87.8 Å². The maximum atomic E-state index is 5.45. The second kappa shape index (κ2) is 5.82. The van der Waals surface area contributed by atoms with E-state index in [0.29, 0.717) is 0 Å². The van der Waals surface area contributed by atoms with Crippen LogP contribution in [0, 0.1) is 0 Å². The van der Waals surface area contributed by atoms with Gasteiger partial charge < -0.3 is 19.1 Å². The number of rotatable bonds is 5. The normalized spacial score (nSPS) is 19.9. The highest BCUT2D eigenvalue weighted by Gasteiger charge is 2.29. The molecule has 0 saturated carbocycles. The lowest BCUT2D eigenvalue weighted by atomic mass is 10.4. The highest BCUT2D eigenvalue weighted by Crippen LogP contribution is 2.12. The minimum Gasteiger partial charge on any atom is -0.398 e. The van der Waals surface area contributed by atoms with Crippen LogP contribution in [0.25, 0.3) is 0 Å². The number of hydrogen-bond acceptors (Lipinski definition) is 4. The molecule has 1 heterocycles. The molecule has 0 aromatic rings. The second-order valence-electron chi connectivity index (χ2n) is 3.88. The highest BCUT2D eigenvalue weighted by atomic mass is 28.4. The van der Waals surface area contributed by atoms with Crippen LogP contribution in [0.15, 0.2) is 0 Å². The Morgan fingerprint density at radius 1 is 1.21 bits per heavy atom. The van der Waals surface area contributed by atoms with Gasteiger partial charge in [0.25, 0.3) is 0 Å². The van der Waals surface area contributed by atoms with E-state index in [2.05, 4.69) is 16.8 Å². The standard InChI is InChI=1S/C9H22N2O2Si/c1-12-14(3,13-2)9-8-11-6-4-10-5-7-11/h10H,4-9H2,1-3H3. The van der Waals surface area contributed by atoms with Crippen LogP contribution in [0.1, 0.15) is 0 Å². The Balaban J connectivity index is 2.23. The van der Waals surface area contributed by atoms with E-state index in [1.54, 1.807) is 14.2 Å². The molecule has 1 aliphatic rings. The van der Waals surface area contributed by atoms with Crippen LogP contribution >= 0.6 is 0 Å². The molecule has 1 fully saturated rings. The summed E-state index contributed by atoms with van der Waals surface area (Å²) < 4.78 is 10.9. The molecular formula is C9H22N2O2Si. The van der Waals surface area contributed by atoms with Crippen LogP contribution in [0.2, 0.25) is 12.6 Å². The molecular weight excluding hydrogens is 196 g/mol. The van der Waals surface area contributed by atoms with Crippen molar-refractivity contribution in [3.63, 3.8) is 0 Å². The Morgan fingerprint density at radius 3 is 2.29 bits per heavy atom. The predicted octanol–water partition coefficient (Wildman–Crippen LogP) is 0.256. The smallest absolute Gasteiger partial charge is 0.335 e. The van der Waals surface area contributed by atoms with E-state index >= 15 is 0 Å². The topological polar surface area (TPSA) is 33.7 Å². The summed E-state index contributed by atoms with van der Waals surface area (Å²) in [4.78, 5) is 2.47. The first-order chi connectivity index (χ1) is 6.70. The van der Waals surface area contributed by atoms with Gasteiger partial charge in [-0.1, -0.05) is 0 Å². The lowest BCUT2D eigenvalue weighted by molar-refractivity contribution is 0.219. The van der Waals surface area contributed by atoms with Crippen molar-refractivity contribution >= 4 is 8.56 Å². The van der Waals surface area contributed by atoms with Crippen molar-refractivity contribution in [1.29, 1.82) is 0 Å². The zero-order valence-corrected chi connectivity index (χ0v) is 10.5. The van der Waals surface area contributed by atoms with Crippen LogP contribution in [-0.2, 0) is 8.85 Å². The molecule has 0 bridgehead atoms. The molecule has 0 aromatic heterocycles. The molecule has 1 rings (SSSR count). The summed E-state index contributed by atoms with van der Waals surface area (Å²) in [5, 5.41) is 3.35. The van der Waals surface area contributed by atoms with Crippen molar-refractivity contribution in [2.24, 2.45) is 0 Å². The number of nitrogens with zero attached hydrogens (tertiary/aromatic N) is 1. The lowest BCUT2D eigenvalue weighted by Crippen LogP contribution is -2.46. The van der Waals surface area contributed by atoms with Crippen LogP contribution < -0.4 is 5.32 Å².